The molecule has 112 valence electrons. The molecule has 3 heteroatoms. The van der Waals surface area contributed by atoms with Crippen LogP contribution in [0.25, 0.3) is 0 Å². The number of carbonyl (C=O) groups is 1. The van der Waals surface area contributed by atoms with Gasteiger partial charge in [0.05, 0.1) is 0 Å². The average molecular weight is 284 g/mol. The maximum absolute atomic E-state index is 12.4. The second-order valence-corrected chi connectivity index (χ2v) is 5.55. The molecule has 1 aliphatic rings. The monoisotopic (exact) mass is 284 g/mol. The largest absolute Gasteiger partial charge is 0.330 e. The van der Waals surface area contributed by atoms with Gasteiger partial charge in [-0.15, -0.1) is 0 Å². The van der Waals surface area contributed by atoms with Gasteiger partial charge in [-0.1, -0.05) is 37.0 Å². The SMILES string of the molecule is CCN(C(=O)C#Cc1ccccc1)C1CCCCC1CN. The molecule has 1 saturated carbocycles. The van der Waals surface area contributed by atoms with Crippen LogP contribution in [-0.2, 0) is 4.79 Å². The van der Waals surface area contributed by atoms with Crippen molar-refractivity contribution in [3.05, 3.63) is 35.9 Å². The summed E-state index contributed by atoms with van der Waals surface area (Å²) in [5.41, 5.74) is 6.75. The van der Waals surface area contributed by atoms with Crippen LogP contribution in [0.5, 0.6) is 0 Å². The van der Waals surface area contributed by atoms with Crippen LogP contribution >= 0.6 is 0 Å². The fraction of sp³-hybridized carbons (Fsp3) is 0.500. The first-order valence-corrected chi connectivity index (χ1v) is 7.84. The van der Waals surface area contributed by atoms with E-state index in [1.807, 2.05) is 42.2 Å². The minimum Gasteiger partial charge on any atom is -0.330 e. The zero-order valence-corrected chi connectivity index (χ0v) is 12.7. The Morgan fingerprint density at radius 3 is 2.67 bits per heavy atom. The van der Waals surface area contributed by atoms with E-state index in [9.17, 15) is 4.79 Å². The molecule has 1 aromatic rings. The number of benzene rings is 1. The molecule has 2 rings (SSSR count). The van der Waals surface area contributed by atoms with E-state index in [4.69, 9.17) is 5.73 Å². The molecular formula is C18H24N2O. The van der Waals surface area contributed by atoms with Gasteiger partial charge in [0.15, 0.2) is 0 Å². The molecule has 0 aromatic heterocycles. The second kappa shape index (κ2) is 7.85. The predicted molar refractivity (Wildman–Crippen MR) is 85.5 cm³/mol. The number of nitrogens with zero attached hydrogens (tertiary/aromatic N) is 1. The third-order valence-electron chi connectivity index (χ3n) is 4.26. The highest BCUT2D eigenvalue weighted by Gasteiger charge is 2.30. The van der Waals surface area contributed by atoms with E-state index in [0.717, 1.165) is 18.4 Å². The summed E-state index contributed by atoms with van der Waals surface area (Å²) in [7, 11) is 0. The standard InChI is InChI=1S/C18H24N2O/c1-2-20(17-11-7-6-10-16(17)14-19)18(21)13-12-15-8-4-3-5-9-15/h3-5,8-9,16-17H,2,6-7,10-11,14,19H2,1H3. The molecule has 1 fully saturated rings. The van der Waals surface area contributed by atoms with E-state index in [1.54, 1.807) is 0 Å². The summed E-state index contributed by atoms with van der Waals surface area (Å²) in [5, 5.41) is 0. The third-order valence-corrected chi connectivity index (χ3v) is 4.26. The number of amides is 1. The number of nitrogens with two attached hydrogens (primary N) is 1. The molecule has 21 heavy (non-hydrogen) atoms. The fourth-order valence-electron chi connectivity index (χ4n) is 3.12. The van der Waals surface area contributed by atoms with E-state index >= 15 is 0 Å². The molecule has 0 spiro atoms. The third kappa shape index (κ3) is 4.09. The summed E-state index contributed by atoms with van der Waals surface area (Å²) in [5.74, 6) is 6.09. The fourth-order valence-corrected chi connectivity index (χ4v) is 3.12. The predicted octanol–water partition coefficient (Wildman–Crippen LogP) is 2.40. The van der Waals surface area contributed by atoms with E-state index in [2.05, 4.69) is 11.8 Å². The van der Waals surface area contributed by atoms with Gasteiger partial charge in [0.2, 0.25) is 0 Å². The number of rotatable bonds is 3. The van der Waals surface area contributed by atoms with Crippen LogP contribution in [0.4, 0.5) is 0 Å². The molecule has 3 nitrogen and oxygen atoms in total. The van der Waals surface area contributed by atoms with Crippen molar-refractivity contribution >= 4 is 5.91 Å². The highest BCUT2D eigenvalue weighted by atomic mass is 16.2. The Labute approximate surface area is 127 Å². The summed E-state index contributed by atoms with van der Waals surface area (Å²) in [6, 6.07) is 9.89. The summed E-state index contributed by atoms with van der Waals surface area (Å²) in [4.78, 5) is 14.3. The summed E-state index contributed by atoms with van der Waals surface area (Å²) in [6.07, 6.45) is 4.57. The van der Waals surface area contributed by atoms with Crippen LogP contribution in [0.3, 0.4) is 0 Å². The maximum atomic E-state index is 12.4. The van der Waals surface area contributed by atoms with Crippen molar-refractivity contribution in [2.45, 2.75) is 38.6 Å². The molecule has 2 unspecified atom stereocenters. The van der Waals surface area contributed by atoms with Gasteiger partial charge in [-0.05, 0) is 44.4 Å². The molecule has 0 radical (unpaired) electrons. The smallest absolute Gasteiger partial charge is 0.299 e. The molecule has 0 heterocycles. The number of hydrogen-bond donors (Lipinski definition) is 1. The topological polar surface area (TPSA) is 46.3 Å². The van der Waals surface area contributed by atoms with Gasteiger partial charge >= 0.3 is 0 Å². The van der Waals surface area contributed by atoms with Crippen LogP contribution in [0.15, 0.2) is 30.3 Å². The molecule has 2 atom stereocenters. The lowest BCUT2D eigenvalue weighted by molar-refractivity contribution is -0.128. The number of hydrogen-bond acceptors (Lipinski definition) is 2. The first-order valence-electron chi connectivity index (χ1n) is 7.84. The lowest BCUT2D eigenvalue weighted by Gasteiger charge is -2.38. The van der Waals surface area contributed by atoms with Crippen LogP contribution in [0.1, 0.15) is 38.2 Å². The van der Waals surface area contributed by atoms with Gasteiger partial charge in [0, 0.05) is 24.1 Å². The molecule has 0 bridgehead atoms. The zero-order valence-electron chi connectivity index (χ0n) is 12.7. The summed E-state index contributed by atoms with van der Waals surface area (Å²) < 4.78 is 0. The van der Waals surface area contributed by atoms with Gasteiger partial charge in [-0.3, -0.25) is 4.79 Å². The van der Waals surface area contributed by atoms with Crippen molar-refractivity contribution in [3.8, 4) is 11.8 Å². The normalized spacial score (nSPS) is 21.2. The first-order chi connectivity index (χ1) is 10.3. The van der Waals surface area contributed by atoms with Gasteiger partial charge in [0.1, 0.15) is 0 Å². The van der Waals surface area contributed by atoms with Gasteiger partial charge < -0.3 is 10.6 Å². The molecular weight excluding hydrogens is 260 g/mol. The first kappa shape index (κ1) is 15.6. The Morgan fingerprint density at radius 2 is 2.00 bits per heavy atom. The van der Waals surface area contributed by atoms with Crippen molar-refractivity contribution in [1.82, 2.24) is 4.90 Å². The van der Waals surface area contributed by atoms with Crippen molar-refractivity contribution in [2.24, 2.45) is 11.7 Å². The lowest BCUT2D eigenvalue weighted by atomic mass is 9.83. The molecule has 0 aliphatic heterocycles. The van der Waals surface area contributed by atoms with Crippen LogP contribution in [-0.4, -0.2) is 29.9 Å². The number of carbonyl (C=O) groups excluding carboxylic acids is 1. The quantitative estimate of drug-likeness (QED) is 0.866. The van der Waals surface area contributed by atoms with Gasteiger partial charge in [-0.2, -0.15) is 0 Å². The van der Waals surface area contributed by atoms with E-state index in [-0.39, 0.29) is 11.9 Å². The summed E-state index contributed by atoms with van der Waals surface area (Å²) >= 11 is 0. The Balaban J connectivity index is 2.09. The molecule has 1 aliphatic carbocycles. The van der Waals surface area contributed by atoms with Crippen molar-refractivity contribution in [1.29, 1.82) is 0 Å². The molecule has 1 aromatic carbocycles. The van der Waals surface area contributed by atoms with E-state index in [0.29, 0.717) is 19.0 Å². The van der Waals surface area contributed by atoms with Crippen molar-refractivity contribution < 1.29 is 4.79 Å². The van der Waals surface area contributed by atoms with E-state index in [1.165, 1.54) is 12.8 Å². The Kier molecular flexibility index (Phi) is 5.83. The Hall–Kier alpha value is -1.79. The van der Waals surface area contributed by atoms with Gasteiger partial charge in [-0.25, -0.2) is 0 Å². The summed E-state index contributed by atoms with van der Waals surface area (Å²) in [6.45, 7) is 3.37. The van der Waals surface area contributed by atoms with Crippen molar-refractivity contribution in [3.63, 3.8) is 0 Å². The molecule has 0 saturated heterocycles. The average Bonchev–Trinajstić information content (AvgIpc) is 2.55. The van der Waals surface area contributed by atoms with Crippen LogP contribution in [0, 0.1) is 17.8 Å². The Bertz CT molecular complexity index is 515. The minimum atomic E-state index is -0.0771. The minimum absolute atomic E-state index is 0.0771. The maximum Gasteiger partial charge on any atom is 0.299 e. The Morgan fingerprint density at radius 1 is 1.29 bits per heavy atom. The van der Waals surface area contributed by atoms with Gasteiger partial charge in [0.25, 0.3) is 5.91 Å². The van der Waals surface area contributed by atoms with Crippen molar-refractivity contribution in [2.75, 3.05) is 13.1 Å². The highest BCUT2D eigenvalue weighted by molar-refractivity contribution is 5.94. The zero-order chi connectivity index (χ0) is 15.1. The lowest BCUT2D eigenvalue weighted by Crippen LogP contribution is -2.47. The molecule has 2 N–H and O–H groups in total. The van der Waals surface area contributed by atoms with Crippen LogP contribution in [0.2, 0.25) is 0 Å². The van der Waals surface area contributed by atoms with E-state index < -0.39 is 0 Å². The highest BCUT2D eigenvalue weighted by Crippen LogP contribution is 2.27. The van der Waals surface area contributed by atoms with Crippen LogP contribution < -0.4 is 5.73 Å². The molecule has 1 amide bonds. The second-order valence-electron chi connectivity index (χ2n) is 5.55.